The third-order valence-electron chi connectivity index (χ3n) is 7.00. The fraction of sp³-hybridized carbons (Fsp3) is 0.423. The third-order valence-corrected chi connectivity index (χ3v) is 7.00. The maximum atomic E-state index is 13.0. The van der Waals surface area contributed by atoms with E-state index in [0.29, 0.717) is 25.1 Å². The average molecular weight is 447 g/mol. The number of amides is 3. The van der Waals surface area contributed by atoms with E-state index < -0.39 is 6.04 Å². The molecular weight excluding hydrogens is 416 g/mol. The predicted molar refractivity (Wildman–Crippen MR) is 126 cm³/mol. The quantitative estimate of drug-likeness (QED) is 0.664. The van der Waals surface area contributed by atoms with Gasteiger partial charge in [0.2, 0.25) is 11.8 Å². The van der Waals surface area contributed by atoms with Crippen molar-refractivity contribution in [2.24, 2.45) is 5.73 Å². The van der Waals surface area contributed by atoms with E-state index in [4.69, 9.17) is 5.73 Å². The molecule has 3 heterocycles. The fourth-order valence-electron chi connectivity index (χ4n) is 5.27. The first-order valence-corrected chi connectivity index (χ1v) is 11.9. The van der Waals surface area contributed by atoms with Gasteiger partial charge in [0, 0.05) is 37.3 Å². The number of nitrogens with zero attached hydrogens (tertiary/aromatic N) is 2. The lowest BCUT2D eigenvalue weighted by Gasteiger charge is -2.32. The van der Waals surface area contributed by atoms with Crippen molar-refractivity contribution in [2.75, 3.05) is 18.0 Å². The minimum atomic E-state index is -0.577. The van der Waals surface area contributed by atoms with Gasteiger partial charge in [-0.05, 0) is 73.0 Å². The largest absolute Gasteiger partial charge is 0.367 e. The molecule has 0 bridgehead atoms. The molecule has 0 spiro atoms. The Labute approximate surface area is 193 Å². The van der Waals surface area contributed by atoms with Crippen LogP contribution in [0.15, 0.2) is 36.4 Å². The zero-order chi connectivity index (χ0) is 22.9. The molecule has 5 rings (SSSR count). The first-order chi connectivity index (χ1) is 16.0. The van der Waals surface area contributed by atoms with Gasteiger partial charge < -0.3 is 15.5 Å². The lowest BCUT2D eigenvalue weighted by atomic mass is 9.97. The number of rotatable bonds is 6. The predicted octanol–water partition coefficient (Wildman–Crippen LogP) is 2.29. The van der Waals surface area contributed by atoms with Crippen molar-refractivity contribution in [3.8, 4) is 0 Å². The van der Waals surface area contributed by atoms with Crippen LogP contribution < -0.4 is 16.0 Å². The summed E-state index contributed by atoms with van der Waals surface area (Å²) in [6.07, 6.45) is 4.86. The average Bonchev–Trinajstić information content (AvgIpc) is 3.13. The van der Waals surface area contributed by atoms with Crippen LogP contribution in [0.1, 0.15) is 58.3 Å². The van der Waals surface area contributed by atoms with Gasteiger partial charge in [-0.15, -0.1) is 0 Å². The summed E-state index contributed by atoms with van der Waals surface area (Å²) in [6, 6.07) is 12.2. The number of nitrogens with one attached hydrogen (secondary N) is 1. The van der Waals surface area contributed by atoms with E-state index >= 15 is 0 Å². The van der Waals surface area contributed by atoms with E-state index in [1.807, 2.05) is 12.1 Å². The molecular formula is C26H30N4O3. The van der Waals surface area contributed by atoms with Gasteiger partial charge in [-0.3, -0.25) is 19.7 Å². The highest BCUT2D eigenvalue weighted by Crippen LogP contribution is 2.32. The van der Waals surface area contributed by atoms with E-state index in [-0.39, 0.29) is 24.1 Å². The van der Waals surface area contributed by atoms with Crippen LogP contribution in [0.2, 0.25) is 0 Å². The van der Waals surface area contributed by atoms with Gasteiger partial charge in [0.15, 0.2) is 0 Å². The second-order valence-electron chi connectivity index (χ2n) is 9.27. The van der Waals surface area contributed by atoms with Crippen molar-refractivity contribution in [1.82, 2.24) is 10.2 Å². The van der Waals surface area contributed by atoms with Crippen LogP contribution >= 0.6 is 0 Å². The fourth-order valence-corrected chi connectivity index (χ4v) is 5.27. The number of benzene rings is 2. The highest BCUT2D eigenvalue weighted by atomic mass is 16.2. The number of aryl methyl sites for hydroxylation is 2. The number of carbonyl (C=O) groups excluding carboxylic acids is 3. The molecule has 0 radical (unpaired) electrons. The number of carbonyl (C=O) groups is 3. The number of piperidine rings is 1. The summed E-state index contributed by atoms with van der Waals surface area (Å²) in [5, 5.41) is 2.36. The standard InChI is InChI=1S/C26H30N4O3/c27-11-1-3-17-5-7-19-4-2-12-29(23(19)14-17)15-18-6-8-21-20(13-18)16-30(26(21)33)22-9-10-24(31)28-25(22)32/h5-8,13-14,22H,1-4,9-12,15-16,27H2,(H,28,31,32). The molecule has 2 aromatic rings. The first kappa shape index (κ1) is 21.6. The Balaban J connectivity index is 1.33. The molecule has 172 valence electrons. The van der Waals surface area contributed by atoms with Crippen LogP contribution in [0.5, 0.6) is 0 Å². The summed E-state index contributed by atoms with van der Waals surface area (Å²) >= 11 is 0. The van der Waals surface area contributed by atoms with E-state index in [1.54, 1.807) is 4.90 Å². The number of anilines is 1. The lowest BCUT2D eigenvalue weighted by molar-refractivity contribution is -0.136. The number of fused-ring (bicyclic) bond motifs is 2. The second-order valence-corrected chi connectivity index (χ2v) is 9.27. The Bertz CT molecular complexity index is 1110. The summed E-state index contributed by atoms with van der Waals surface area (Å²) in [5.41, 5.74) is 12.5. The molecule has 0 aliphatic carbocycles. The molecule has 1 fully saturated rings. The highest BCUT2D eigenvalue weighted by Gasteiger charge is 2.39. The maximum absolute atomic E-state index is 13.0. The van der Waals surface area contributed by atoms with Crippen molar-refractivity contribution in [2.45, 2.75) is 57.7 Å². The minimum Gasteiger partial charge on any atom is -0.367 e. The van der Waals surface area contributed by atoms with E-state index in [2.05, 4.69) is 34.5 Å². The summed E-state index contributed by atoms with van der Waals surface area (Å²) in [5.74, 6) is -0.766. The van der Waals surface area contributed by atoms with Crippen molar-refractivity contribution in [3.05, 3.63) is 64.2 Å². The topological polar surface area (TPSA) is 95.7 Å². The van der Waals surface area contributed by atoms with Crippen LogP contribution in [0.3, 0.4) is 0 Å². The SMILES string of the molecule is NCCCc1ccc2c(c1)N(Cc1ccc3c(c1)CN(C1CCC(=O)NC1=O)C3=O)CCC2. The number of nitrogens with two attached hydrogens (primary N) is 1. The van der Waals surface area contributed by atoms with Gasteiger partial charge in [0.25, 0.3) is 5.91 Å². The molecule has 7 heteroatoms. The molecule has 0 aromatic heterocycles. The molecule has 1 atom stereocenters. The maximum Gasteiger partial charge on any atom is 0.255 e. The van der Waals surface area contributed by atoms with Crippen LogP contribution in [-0.2, 0) is 35.5 Å². The van der Waals surface area contributed by atoms with Crippen molar-refractivity contribution in [3.63, 3.8) is 0 Å². The molecule has 0 saturated carbocycles. The molecule has 3 N–H and O–H groups in total. The second kappa shape index (κ2) is 8.98. The van der Waals surface area contributed by atoms with Crippen molar-refractivity contribution in [1.29, 1.82) is 0 Å². The Morgan fingerprint density at radius 2 is 1.85 bits per heavy atom. The molecule has 2 aromatic carbocycles. The van der Waals surface area contributed by atoms with E-state index in [9.17, 15) is 14.4 Å². The molecule has 7 nitrogen and oxygen atoms in total. The van der Waals surface area contributed by atoms with Crippen molar-refractivity contribution >= 4 is 23.4 Å². The Kier molecular flexibility index (Phi) is 5.89. The van der Waals surface area contributed by atoms with Crippen LogP contribution in [0, 0.1) is 0 Å². The molecule has 1 saturated heterocycles. The van der Waals surface area contributed by atoms with Crippen molar-refractivity contribution < 1.29 is 14.4 Å². The Morgan fingerprint density at radius 1 is 1.00 bits per heavy atom. The summed E-state index contributed by atoms with van der Waals surface area (Å²) < 4.78 is 0. The highest BCUT2D eigenvalue weighted by molar-refractivity contribution is 6.05. The Morgan fingerprint density at radius 3 is 2.67 bits per heavy atom. The van der Waals surface area contributed by atoms with Gasteiger partial charge in [-0.25, -0.2) is 0 Å². The van der Waals surface area contributed by atoms with Gasteiger partial charge in [0.05, 0.1) is 0 Å². The smallest absolute Gasteiger partial charge is 0.255 e. The van der Waals surface area contributed by atoms with Crippen LogP contribution in [-0.4, -0.2) is 41.8 Å². The van der Waals surface area contributed by atoms with Gasteiger partial charge in [0.1, 0.15) is 6.04 Å². The molecule has 3 aliphatic heterocycles. The molecule has 3 amide bonds. The zero-order valence-electron chi connectivity index (χ0n) is 18.8. The molecule has 33 heavy (non-hydrogen) atoms. The number of hydrogen-bond donors (Lipinski definition) is 2. The summed E-state index contributed by atoms with van der Waals surface area (Å²) in [4.78, 5) is 40.8. The molecule has 3 aliphatic rings. The summed E-state index contributed by atoms with van der Waals surface area (Å²) in [6.45, 7) is 2.90. The first-order valence-electron chi connectivity index (χ1n) is 11.9. The Hall–Kier alpha value is -3.19. The van der Waals surface area contributed by atoms with Crippen LogP contribution in [0.4, 0.5) is 5.69 Å². The molecule has 1 unspecified atom stereocenters. The zero-order valence-corrected chi connectivity index (χ0v) is 18.8. The third kappa shape index (κ3) is 4.25. The van der Waals surface area contributed by atoms with Crippen LogP contribution in [0.25, 0.3) is 0 Å². The monoisotopic (exact) mass is 446 g/mol. The number of imide groups is 1. The number of hydrogen-bond acceptors (Lipinski definition) is 5. The van der Waals surface area contributed by atoms with E-state index in [0.717, 1.165) is 49.9 Å². The van der Waals surface area contributed by atoms with Gasteiger partial charge in [-0.1, -0.05) is 24.3 Å². The lowest BCUT2D eigenvalue weighted by Crippen LogP contribution is -2.52. The van der Waals surface area contributed by atoms with E-state index in [1.165, 1.54) is 16.8 Å². The van der Waals surface area contributed by atoms with Gasteiger partial charge >= 0.3 is 0 Å². The summed E-state index contributed by atoms with van der Waals surface area (Å²) in [7, 11) is 0. The van der Waals surface area contributed by atoms with Gasteiger partial charge in [-0.2, -0.15) is 0 Å². The normalized spacial score (nSPS) is 20.0. The minimum absolute atomic E-state index is 0.126.